The summed E-state index contributed by atoms with van der Waals surface area (Å²) < 4.78 is 15.2. The third-order valence-corrected chi connectivity index (χ3v) is 4.43. The van der Waals surface area contributed by atoms with Crippen molar-refractivity contribution in [2.75, 3.05) is 5.32 Å². The van der Waals surface area contributed by atoms with E-state index in [1.54, 1.807) is 30.7 Å². The molecule has 2 heterocycles. The Morgan fingerprint density at radius 2 is 2.00 bits per heavy atom. The van der Waals surface area contributed by atoms with E-state index in [0.717, 1.165) is 25.7 Å². The van der Waals surface area contributed by atoms with Crippen molar-refractivity contribution in [2.24, 2.45) is 4.99 Å². The Morgan fingerprint density at radius 1 is 1.14 bits per heavy atom. The van der Waals surface area contributed by atoms with E-state index in [-0.39, 0.29) is 5.82 Å². The summed E-state index contributed by atoms with van der Waals surface area (Å²) in [5.74, 6) is -0.287. The van der Waals surface area contributed by atoms with Crippen LogP contribution in [0.25, 0.3) is 10.9 Å². The number of nitrogens with one attached hydrogen (secondary N) is 2. The zero-order valence-electron chi connectivity index (χ0n) is 11.3. The topological polar surface area (TPSA) is 53.1 Å². The summed E-state index contributed by atoms with van der Waals surface area (Å²) in [6.07, 6.45) is 5.15. The summed E-state index contributed by atoms with van der Waals surface area (Å²) in [7, 11) is 0. The Balaban J connectivity index is 2.05. The third kappa shape index (κ3) is 2.02. The molecule has 0 unspecified atom stereocenters. The molecule has 0 saturated carbocycles. The number of hydrogen-bond acceptors (Lipinski definition) is 3. The molecular formula is C16H10FIN4. The smallest absolute Gasteiger partial charge is 0.132 e. The van der Waals surface area contributed by atoms with Crippen molar-refractivity contribution in [1.82, 2.24) is 10.2 Å². The molecule has 0 atom stereocenters. The van der Waals surface area contributed by atoms with E-state index in [1.807, 2.05) is 12.1 Å². The molecule has 0 fully saturated rings. The maximum Gasteiger partial charge on any atom is 0.132 e. The second kappa shape index (κ2) is 5.20. The predicted molar refractivity (Wildman–Crippen MR) is 93.6 cm³/mol. The van der Waals surface area contributed by atoms with Gasteiger partial charge in [0.25, 0.3) is 0 Å². The van der Waals surface area contributed by atoms with Crippen molar-refractivity contribution in [3.63, 3.8) is 0 Å². The molecule has 0 aliphatic carbocycles. The van der Waals surface area contributed by atoms with Gasteiger partial charge < -0.3 is 5.32 Å². The molecule has 2 N–H and O–H groups in total. The van der Waals surface area contributed by atoms with Crippen LogP contribution in [0.3, 0.4) is 0 Å². The van der Waals surface area contributed by atoms with Crippen LogP contribution in [0.4, 0.5) is 10.1 Å². The largest absolute Gasteiger partial charge is 0.359 e. The maximum absolute atomic E-state index is 14.2. The first-order valence-electron chi connectivity index (χ1n) is 6.66. The number of fused-ring (bicyclic) bond motifs is 3. The highest BCUT2D eigenvalue weighted by Gasteiger charge is 2.20. The summed E-state index contributed by atoms with van der Waals surface area (Å²) >= 11 is 2.24. The molecule has 0 amide bonds. The van der Waals surface area contributed by atoms with E-state index < -0.39 is 0 Å². The predicted octanol–water partition coefficient (Wildman–Crippen LogP) is 4.04. The van der Waals surface area contributed by atoms with Gasteiger partial charge >= 0.3 is 0 Å². The molecule has 0 radical (unpaired) electrons. The van der Waals surface area contributed by atoms with Gasteiger partial charge in [0.2, 0.25) is 0 Å². The number of rotatable bonds is 1. The average Bonchev–Trinajstić information content (AvgIpc) is 2.92. The van der Waals surface area contributed by atoms with Crippen molar-refractivity contribution < 1.29 is 4.39 Å². The molecule has 1 aromatic heterocycles. The van der Waals surface area contributed by atoms with Crippen molar-refractivity contribution in [3.8, 4) is 0 Å². The van der Waals surface area contributed by atoms with Crippen molar-refractivity contribution in [1.29, 1.82) is 0 Å². The van der Waals surface area contributed by atoms with E-state index in [0.29, 0.717) is 11.3 Å². The van der Waals surface area contributed by atoms with Gasteiger partial charge in [-0.3, -0.25) is 10.1 Å². The average molecular weight is 404 g/mol. The first-order chi connectivity index (χ1) is 10.8. The Kier molecular flexibility index (Phi) is 3.18. The lowest BCUT2D eigenvalue weighted by molar-refractivity contribution is 0.625. The number of halogens is 2. The number of nitrogens with zero attached hydrogens (tertiary/aromatic N) is 2. The van der Waals surface area contributed by atoms with Crippen LogP contribution >= 0.6 is 22.6 Å². The molecule has 0 bridgehead atoms. The first-order valence-corrected chi connectivity index (χ1v) is 7.74. The monoisotopic (exact) mass is 404 g/mol. The van der Waals surface area contributed by atoms with Crippen molar-refractivity contribution >= 4 is 44.9 Å². The zero-order chi connectivity index (χ0) is 15.1. The molecule has 0 spiro atoms. The van der Waals surface area contributed by atoms with Crippen molar-refractivity contribution in [3.05, 3.63) is 69.4 Å². The summed E-state index contributed by atoms with van der Waals surface area (Å²) in [6.45, 7) is 0. The minimum Gasteiger partial charge on any atom is -0.359 e. The third-order valence-electron chi connectivity index (χ3n) is 3.58. The maximum atomic E-state index is 14.2. The van der Waals surface area contributed by atoms with Gasteiger partial charge in [-0.1, -0.05) is 12.1 Å². The fraction of sp³-hybridized carbons (Fsp3) is 0. The van der Waals surface area contributed by atoms with Gasteiger partial charge in [-0.05, 0) is 40.8 Å². The summed E-state index contributed by atoms with van der Waals surface area (Å²) in [5.41, 5.74) is 3.77. The molecule has 22 heavy (non-hydrogen) atoms. The highest BCUT2D eigenvalue weighted by molar-refractivity contribution is 14.1. The van der Waals surface area contributed by atoms with E-state index in [9.17, 15) is 4.39 Å². The fourth-order valence-corrected chi connectivity index (χ4v) is 3.31. The van der Waals surface area contributed by atoms with Crippen LogP contribution in [-0.2, 0) is 0 Å². The van der Waals surface area contributed by atoms with Gasteiger partial charge in [0, 0.05) is 32.5 Å². The van der Waals surface area contributed by atoms with Gasteiger partial charge in [-0.15, -0.1) is 0 Å². The summed E-state index contributed by atoms with van der Waals surface area (Å²) in [4.78, 5) is 4.43. The molecular weight excluding hydrogens is 394 g/mol. The van der Waals surface area contributed by atoms with Crippen LogP contribution in [0, 0.1) is 9.39 Å². The van der Waals surface area contributed by atoms with Crippen LogP contribution in [0.15, 0.2) is 53.9 Å². The number of H-pyrrole nitrogens is 1. The van der Waals surface area contributed by atoms with Gasteiger partial charge in [-0.2, -0.15) is 5.10 Å². The Bertz CT molecular complexity index is 942. The van der Waals surface area contributed by atoms with Crippen LogP contribution < -0.4 is 5.32 Å². The van der Waals surface area contributed by atoms with E-state index in [4.69, 9.17) is 0 Å². The summed E-state index contributed by atoms with van der Waals surface area (Å²) in [5, 5.41) is 11.3. The van der Waals surface area contributed by atoms with Gasteiger partial charge in [0.1, 0.15) is 5.82 Å². The second-order valence-corrected chi connectivity index (χ2v) is 6.02. The van der Waals surface area contributed by atoms with Crippen molar-refractivity contribution in [2.45, 2.75) is 0 Å². The standard InChI is InChI=1S/C16H10FIN4/c17-12-4-2-1-3-9(12)14-10-7-13(18)16-11(8-21-22-16)15(10)20-6-5-19-14/h1-8,20H,(H,21,22). The molecule has 4 rings (SSSR count). The number of anilines is 1. The molecule has 108 valence electrons. The Labute approximate surface area is 139 Å². The fourth-order valence-electron chi connectivity index (χ4n) is 2.59. The van der Waals surface area contributed by atoms with E-state index in [1.165, 1.54) is 6.07 Å². The zero-order valence-corrected chi connectivity index (χ0v) is 13.4. The van der Waals surface area contributed by atoms with Crippen LogP contribution in [-0.4, -0.2) is 15.9 Å². The summed E-state index contributed by atoms with van der Waals surface area (Å²) in [6, 6.07) is 8.66. The Hall–Kier alpha value is -2.22. The molecule has 6 heteroatoms. The normalized spacial score (nSPS) is 13.5. The minimum absolute atomic E-state index is 0.287. The quantitative estimate of drug-likeness (QED) is 0.602. The number of aliphatic imine (C=N–C) groups is 1. The second-order valence-electron chi connectivity index (χ2n) is 4.86. The Morgan fingerprint density at radius 3 is 2.86 bits per heavy atom. The van der Waals surface area contributed by atoms with E-state index in [2.05, 4.69) is 43.1 Å². The molecule has 1 aliphatic heterocycles. The van der Waals surface area contributed by atoms with Crippen LogP contribution in [0.5, 0.6) is 0 Å². The molecule has 4 nitrogen and oxygen atoms in total. The number of hydrogen-bond donors (Lipinski definition) is 2. The molecule has 3 aromatic rings. The SMILES string of the molecule is Fc1ccccc1C1=NC=CNc2c1cc(I)c1[nH]ncc21. The minimum atomic E-state index is -0.287. The number of aromatic nitrogens is 2. The molecule has 1 aliphatic rings. The molecule has 0 saturated heterocycles. The molecule has 2 aromatic carbocycles. The van der Waals surface area contributed by atoms with Crippen LogP contribution in [0.1, 0.15) is 11.1 Å². The first kappa shape index (κ1) is 13.4. The lowest BCUT2D eigenvalue weighted by Gasteiger charge is -2.13. The highest BCUT2D eigenvalue weighted by Crippen LogP contribution is 2.33. The van der Waals surface area contributed by atoms with Gasteiger partial charge in [-0.25, -0.2) is 4.39 Å². The lowest BCUT2D eigenvalue weighted by Crippen LogP contribution is -2.08. The van der Waals surface area contributed by atoms with E-state index >= 15 is 0 Å². The lowest BCUT2D eigenvalue weighted by atomic mass is 9.98. The van der Waals surface area contributed by atoms with Gasteiger partial charge in [0.05, 0.1) is 23.1 Å². The number of aromatic amines is 1. The van der Waals surface area contributed by atoms with Crippen LogP contribution in [0.2, 0.25) is 0 Å². The highest BCUT2D eigenvalue weighted by atomic mass is 127. The number of benzene rings is 2. The van der Waals surface area contributed by atoms with Gasteiger partial charge in [0.15, 0.2) is 0 Å².